The quantitative estimate of drug-likeness (QED) is 0.478. The van der Waals surface area contributed by atoms with Crippen molar-refractivity contribution in [2.75, 3.05) is 0 Å². The van der Waals surface area contributed by atoms with E-state index >= 15 is 0 Å². The lowest BCUT2D eigenvalue weighted by molar-refractivity contribution is 0.281. The molecule has 0 unspecified atom stereocenters. The highest BCUT2D eigenvalue weighted by Crippen LogP contribution is 2.53. The first-order chi connectivity index (χ1) is 14.7. The maximum Gasteiger partial charge on any atom is 0.584 e. The summed E-state index contributed by atoms with van der Waals surface area (Å²) in [6, 6.07) is 8.54. The second-order valence-corrected chi connectivity index (χ2v) is 12.4. The van der Waals surface area contributed by atoms with Gasteiger partial charge in [0.25, 0.3) is 0 Å². The van der Waals surface area contributed by atoms with Crippen LogP contribution in [0.2, 0.25) is 0 Å². The maximum absolute atomic E-state index is 13.2. The molecule has 0 spiro atoms. The third-order valence-electron chi connectivity index (χ3n) is 5.94. The Morgan fingerprint density at radius 1 is 0.781 bits per heavy atom. The van der Waals surface area contributed by atoms with Crippen LogP contribution < -0.4 is 9.05 Å². The van der Waals surface area contributed by atoms with Crippen molar-refractivity contribution in [2.45, 2.75) is 98.3 Å². The van der Waals surface area contributed by atoms with Gasteiger partial charge < -0.3 is 9.05 Å². The van der Waals surface area contributed by atoms with E-state index in [1.54, 1.807) is 0 Å². The van der Waals surface area contributed by atoms with Gasteiger partial charge in [0, 0.05) is 17.5 Å². The minimum atomic E-state index is -4.38. The molecule has 0 saturated carbocycles. The molecule has 0 saturated heterocycles. The molecule has 32 heavy (non-hydrogen) atoms. The molecule has 5 heteroatoms. The van der Waals surface area contributed by atoms with E-state index in [2.05, 4.69) is 79.7 Å². The molecule has 0 amide bonds. The van der Waals surface area contributed by atoms with Crippen LogP contribution in [-0.4, -0.2) is 4.89 Å². The minimum Gasteiger partial charge on any atom is -0.395 e. The highest BCUT2D eigenvalue weighted by molar-refractivity contribution is 7.48. The van der Waals surface area contributed by atoms with Crippen LogP contribution in [-0.2, 0) is 34.7 Å². The standard InChI is InChI=1S/C27H39O4P/c1-9-11-18-13-20-17-21-14-19(12-10-2)16-23(27(6,7)8)25(21)31-32(28,29)30-24(20)22(15-18)26(3,4)5/h13-16H,9-12,17H2,1-8H3,(H,28,29). The molecular formula is C27H39O4P. The molecular weight excluding hydrogens is 419 g/mol. The van der Waals surface area contributed by atoms with Crippen LogP contribution in [0.1, 0.15) is 102 Å². The summed E-state index contributed by atoms with van der Waals surface area (Å²) >= 11 is 0. The molecule has 0 atom stereocenters. The first kappa shape index (κ1) is 24.9. The van der Waals surface area contributed by atoms with E-state index in [9.17, 15) is 9.46 Å². The van der Waals surface area contributed by atoms with Gasteiger partial charge in [0.15, 0.2) is 0 Å². The van der Waals surface area contributed by atoms with Crippen molar-refractivity contribution in [1.82, 2.24) is 0 Å². The fraction of sp³-hybridized carbons (Fsp3) is 0.556. The number of phosphoric acid groups is 1. The molecule has 1 heterocycles. The van der Waals surface area contributed by atoms with Crippen LogP contribution in [0.25, 0.3) is 0 Å². The highest BCUT2D eigenvalue weighted by Gasteiger charge is 2.36. The lowest BCUT2D eigenvalue weighted by atomic mass is 9.81. The molecule has 0 aliphatic carbocycles. The average molecular weight is 459 g/mol. The third-order valence-corrected chi connectivity index (χ3v) is 6.77. The molecule has 4 nitrogen and oxygen atoms in total. The molecule has 0 bridgehead atoms. The van der Waals surface area contributed by atoms with Crippen molar-refractivity contribution < 1.29 is 18.5 Å². The lowest BCUT2D eigenvalue weighted by Crippen LogP contribution is -2.20. The van der Waals surface area contributed by atoms with Gasteiger partial charge in [0.1, 0.15) is 11.5 Å². The first-order valence-electron chi connectivity index (χ1n) is 11.8. The molecule has 3 rings (SSSR count). The summed E-state index contributed by atoms with van der Waals surface area (Å²) in [6.07, 6.45) is 4.59. The summed E-state index contributed by atoms with van der Waals surface area (Å²) in [5.41, 5.74) is 5.78. The molecule has 1 N–H and O–H groups in total. The molecule has 176 valence electrons. The Morgan fingerprint density at radius 3 is 1.47 bits per heavy atom. The number of hydrogen-bond donors (Lipinski definition) is 1. The monoisotopic (exact) mass is 458 g/mol. The summed E-state index contributed by atoms with van der Waals surface area (Å²) in [7, 11) is -4.38. The van der Waals surface area contributed by atoms with E-state index in [0.29, 0.717) is 17.9 Å². The van der Waals surface area contributed by atoms with Gasteiger partial charge in [-0.2, -0.15) is 0 Å². The van der Waals surface area contributed by atoms with E-state index < -0.39 is 7.82 Å². The fourth-order valence-corrected chi connectivity index (χ4v) is 5.35. The Kier molecular flexibility index (Phi) is 6.90. The minimum absolute atomic E-state index is 0.240. The number of rotatable bonds is 4. The van der Waals surface area contributed by atoms with Gasteiger partial charge in [-0.3, -0.25) is 4.89 Å². The average Bonchev–Trinajstić information content (AvgIpc) is 2.62. The van der Waals surface area contributed by atoms with Gasteiger partial charge in [0.2, 0.25) is 0 Å². The second-order valence-electron chi connectivity index (χ2n) is 11.1. The first-order valence-corrected chi connectivity index (χ1v) is 13.3. The largest absolute Gasteiger partial charge is 0.584 e. The predicted octanol–water partition coefficient (Wildman–Crippen LogP) is 7.65. The normalized spacial score (nSPS) is 15.7. The Bertz CT molecular complexity index is 962. The van der Waals surface area contributed by atoms with Gasteiger partial charge in [-0.05, 0) is 45.9 Å². The summed E-state index contributed by atoms with van der Waals surface area (Å²) < 4.78 is 24.8. The topological polar surface area (TPSA) is 55.8 Å². The number of aryl methyl sites for hydroxylation is 2. The van der Waals surface area contributed by atoms with Crippen LogP contribution in [0.3, 0.4) is 0 Å². The van der Waals surface area contributed by atoms with Crippen LogP contribution in [0, 0.1) is 0 Å². The molecule has 0 aromatic heterocycles. The van der Waals surface area contributed by atoms with E-state index in [-0.39, 0.29) is 10.8 Å². The van der Waals surface area contributed by atoms with Crippen LogP contribution in [0.15, 0.2) is 24.3 Å². The van der Waals surface area contributed by atoms with Gasteiger partial charge in [-0.25, -0.2) is 4.57 Å². The van der Waals surface area contributed by atoms with Crippen LogP contribution in [0.5, 0.6) is 11.5 Å². The van der Waals surface area contributed by atoms with Gasteiger partial charge >= 0.3 is 7.82 Å². The van der Waals surface area contributed by atoms with Crippen LogP contribution >= 0.6 is 7.82 Å². The smallest absolute Gasteiger partial charge is 0.395 e. The SMILES string of the molecule is CCCc1cc2c(c(C(C)(C)C)c1)OP(=O)(O)Oc1c(cc(CCC)cc1C(C)(C)C)C2. The van der Waals surface area contributed by atoms with E-state index in [1.165, 1.54) is 11.1 Å². The van der Waals surface area contributed by atoms with Crippen molar-refractivity contribution in [3.63, 3.8) is 0 Å². The van der Waals surface area contributed by atoms with Gasteiger partial charge in [-0.15, -0.1) is 0 Å². The van der Waals surface area contributed by atoms with E-state index in [0.717, 1.165) is 47.9 Å². The zero-order valence-electron chi connectivity index (χ0n) is 21.0. The Morgan fingerprint density at radius 2 is 1.16 bits per heavy atom. The summed E-state index contributed by atoms with van der Waals surface area (Å²) in [6.45, 7) is 17.0. The summed E-state index contributed by atoms with van der Waals surface area (Å²) in [5, 5.41) is 0. The summed E-state index contributed by atoms with van der Waals surface area (Å²) in [5.74, 6) is 0.985. The maximum atomic E-state index is 13.2. The predicted molar refractivity (Wildman–Crippen MR) is 132 cm³/mol. The molecule has 2 aromatic rings. The van der Waals surface area contributed by atoms with Gasteiger partial charge in [-0.1, -0.05) is 92.5 Å². The fourth-order valence-electron chi connectivity index (χ4n) is 4.42. The molecule has 1 aliphatic rings. The Balaban J connectivity index is 2.33. The number of fused-ring (bicyclic) bond motifs is 2. The van der Waals surface area contributed by atoms with Crippen molar-refractivity contribution in [3.05, 3.63) is 57.6 Å². The second kappa shape index (κ2) is 8.88. The highest BCUT2D eigenvalue weighted by atomic mass is 31.2. The molecule has 0 radical (unpaired) electrons. The van der Waals surface area contributed by atoms with Gasteiger partial charge in [0.05, 0.1) is 0 Å². The zero-order chi connectivity index (χ0) is 23.9. The lowest BCUT2D eigenvalue weighted by Gasteiger charge is -2.31. The number of hydrogen-bond acceptors (Lipinski definition) is 3. The molecule has 2 aromatic carbocycles. The zero-order valence-corrected chi connectivity index (χ0v) is 21.9. The van der Waals surface area contributed by atoms with E-state index in [4.69, 9.17) is 9.05 Å². The van der Waals surface area contributed by atoms with Crippen molar-refractivity contribution in [3.8, 4) is 11.5 Å². The third kappa shape index (κ3) is 5.41. The number of phosphoric ester groups is 1. The van der Waals surface area contributed by atoms with Crippen LogP contribution in [0.4, 0.5) is 0 Å². The Labute approximate surface area is 194 Å². The summed E-state index contributed by atoms with van der Waals surface area (Å²) in [4.78, 5) is 10.8. The molecule has 0 fully saturated rings. The Hall–Kier alpha value is -1.77. The van der Waals surface area contributed by atoms with Crippen molar-refractivity contribution in [2.24, 2.45) is 0 Å². The number of benzene rings is 2. The van der Waals surface area contributed by atoms with Crippen molar-refractivity contribution >= 4 is 7.82 Å². The van der Waals surface area contributed by atoms with Crippen molar-refractivity contribution in [1.29, 1.82) is 0 Å². The molecule has 1 aliphatic heterocycles. The van der Waals surface area contributed by atoms with E-state index in [1.807, 2.05) is 0 Å².